The second-order valence-electron chi connectivity index (χ2n) is 6.53. The Labute approximate surface area is 166 Å². The molecule has 4 amide bonds. The predicted molar refractivity (Wildman–Crippen MR) is 101 cm³/mol. The molecule has 0 aliphatic carbocycles. The van der Waals surface area contributed by atoms with Crippen molar-refractivity contribution in [2.45, 2.75) is 39.2 Å². The summed E-state index contributed by atoms with van der Waals surface area (Å²) in [7, 11) is 0. The number of benzene rings is 1. The number of ether oxygens (including phenoxy) is 1. The number of hydrogen-bond acceptors (Lipinski definition) is 7. The Morgan fingerprint density at radius 2 is 1.93 bits per heavy atom. The van der Waals surface area contributed by atoms with Gasteiger partial charge in [-0.1, -0.05) is 19.9 Å². The maximum atomic E-state index is 12.4. The molecule has 2 rings (SSSR count). The molecule has 0 spiro atoms. The van der Waals surface area contributed by atoms with Crippen LogP contribution in [0.2, 0.25) is 0 Å². The van der Waals surface area contributed by atoms with E-state index in [2.05, 4.69) is 10.6 Å². The van der Waals surface area contributed by atoms with Gasteiger partial charge in [0.2, 0.25) is 0 Å². The standard InChI is InChI=1S/C18H22N4O7/c1-4-18(5-2)16(25)21(17(26)20-18)9-15(24)29-10-14(23)19-12-7-6-8-13(11(12)3)22(27)28/h6-8H,4-5,9-10H2,1-3H3,(H,19,23)(H,20,26). The molecule has 1 aromatic carbocycles. The molecule has 1 aliphatic rings. The molecular formula is C18H22N4O7. The molecule has 156 valence electrons. The van der Waals surface area contributed by atoms with Gasteiger partial charge in [0.15, 0.2) is 6.61 Å². The molecule has 1 aliphatic heterocycles. The number of nitrogens with one attached hydrogen (secondary N) is 2. The van der Waals surface area contributed by atoms with Gasteiger partial charge in [0.1, 0.15) is 12.1 Å². The second kappa shape index (κ2) is 8.67. The van der Waals surface area contributed by atoms with Gasteiger partial charge in [-0.25, -0.2) is 4.79 Å². The van der Waals surface area contributed by atoms with Crippen molar-refractivity contribution in [1.29, 1.82) is 0 Å². The Morgan fingerprint density at radius 1 is 1.28 bits per heavy atom. The van der Waals surface area contributed by atoms with Gasteiger partial charge in [-0.15, -0.1) is 0 Å². The number of urea groups is 1. The van der Waals surface area contributed by atoms with Crippen molar-refractivity contribution in [3.8, 4) is 0 Å². The summed E-state index contributed by atoms with van der Waals surface area (Å²) in [6.45, 7) is 3.70. The van der Waals surface area contributed by atoms with E-state index in [-0.39, 0.29) is 16.9 Å². The predicted octanol–water partition coefficient (Wildman–Crippen LogP) is 1.50. The van der Waals surface area contributed by atoms with Crippen LogP contribution in [0.1, 0.15) is 32.3 Å². The van der Waals surface area contributed by atoms with E-state index in [4.69, 9.17) is 4.74 Å². The number of carbonyl (C=O) groups is 4. The Kier molecular flexibility index (Phi) is 6.52. The molecule has 0 saturated carbocycles. The zero-order chi connectivity index (χ0) is 21.8. The summed E-state index contributed by atoms with van der Waals surface area (Å²) >= 11 is 0. The number of amides is 4. The number of nitrogens with zero attached hydrogens (tertiary/aromatic N) is 2. The zero-order valence-corrected chi connectivity index (χ0v) is 16.3. The van der Waals surface area contributed by atoms with Crippen LogP contribution in [0, 0.1) is 17.0 Å². The normalized spacial score (nSPS) is 15.1. The molecule has 0 unspecified atom stereocenters. The fraction of sp³-hybridized carbons (Fsp3) is 0.444. The topological polar surface area (TPSA) is 148 Å². The molecule has 11 nitrogen and oxygen atoms in total. The molecule has 1 fully saturated rings. The van der Waals surface area contributed by atoms with Crippen molar-refractivity contribution in [2.75, 3.05) is 18.5 Å². The second-order valence-corrected chi connectivity index (χ2v) is 6.53. The van der Waals surface area contributed by atoms with Crippen molar-refractivity contribution in [3.63, 3.8) is 0 Å². The molecule has 11 heteroatoms. The first-order chi connectivity index (χ1) is 13.6. The molecule has 0 bridgehead atoms. The van der Waals surface area contributed by atoms with E-state index in [1.807, 2.05) is 0 Å². The molecule has 2 N–H and O–H groups in total. The van der Waals surface area contributed by atoms with E-state index in [0.717, 1.165) is 4.90 Å². The summed E-state index contributed by atoms with van der Waals surface area (Å²) < 4.78 is 4.83. The highest BCUT2D eigenvalue weighted by molar-refractivity contribution is 6.08. The van der Waals surface area contributed by atoms with Crippen molar-refractivity contribution in [2.24, 2.45) is 0 Å². The number of imide groups is 1. The average Bonchev–Trinajstić information content (AvgIpc) is 2.92. The smallest absolute Gasteiger partial charge is 0.326 e. The van der Waals surface area contributed by atoms with Crippen LogP contribution in [0.4, 0.5) is 16.2 Å². The van der Waals surface area contributed by atoms with E-state index in [1.165, 1.54) is 25.1 Å². The van der Waals surface area contributed by atoms with Crippen molar-refractivity contribution in [3.05, 3.63) is 33.9 Å². The van der Waals surface area contributed by atoms with Crippen LogP contribution in [0.5, 0.6) is 0 Å². The van der Waals surface area contributed by atoms with E-state index in [1.54, 1.807) is 13.8 Å². The zero-order valence-electron chi connectivity index (χ0n) is 16.3. The molecule has 0 aromatic heterocycles. The number of anilines is 1. The molecule has 1 aromatic rings. The van der Waals surface area contributed by atoms with Crippen LogP contribution >= 0.6 is 0 Å². The number of nitro groups is 1. The molecule has 0 atom stereocenters. The van der Waals surface area contributed by atoms with E-state index in [0.29, 0.717) is 12.8 Å². The highest BCUT2D eigenvalue weighted by Gasteiger charge is 2.49. The maximum Gasteiger partial charge on any atom is 0.326 e. The molecule has 0 radical (unpaired) electrons. The lowest BCUT2D eigenvalue weighted by Crippen LogP contribution is -2.46. The maximum absolute atomic E-state index is 12.4. The molecule has 1 heterocycles. The lowest BCUT2D eigenvalue weighted by atomic mass is 9.93. The lowest BCUT2D eigenvalue weighted by Gasteiger charge is -2.22. The largest absolute Gasteiger partial charge is 0.454 e. The first-order valence-corrected chi connectivity index (χ1v) is 8.98. The SMILES string of the molecule is CCC1(CC)NC(=O)N(CC(=O)OCC(=O)Nc2cccc([N+](=O)[O-])c2C)C1=O. The van der Waals surface area contributed by atoms with Gasteiger partial charge in [0, 0.05) is 6.07 Å². The fourth-order valence-corrected chi connectivity index (χ4v) is 3.01. The molecule has 29 heavy (non-hydrogen) atoms. The first-order valence-electron chi connectivity index (χ1n) is 8.98. The summed E-state index contributed by atoms with van der Waals surface area (Å²) in [5, 5.41) is 15.9. The fourth-order valence-electron chi connectivity index (χ4n) is 3.01. The third kappa shape index (κ3) is 4.50. The average molecular weight is 406 g/mol. The number of esters is 1. The molecular weight excluding hydrogens is 384 g/mol. The Hall–Kier alpha value is -3.50. The third-order valence-corrected chi connectivity index (χ3v) is 4.88. The van der Waals surface area contributed by atoms with E-state index < -0.39 is 47.4 Å². The van der Waals surface area contributed by atoms with Gasteiger partial charge in [-0.3, -0.25) is 29.4 Å². The van der Waals surface area contributed by atoms with Crippen LogP contribution in [0.25, 0.3) is 0 Å². The highest BCUT2D eigenvalue weighted by atomic mass is 16.6. The van der Waals surface area contributed by atoms with Crippen molar-refractivity contribution >= 4 is 35.2 Å². The summed E-state index contributed by atoms with van der Waals surface area (Å²) in [5.41, 5.74) is -0.723. The van der Waals surface area contributed by atoms with Crippen LogP contribution in [0.15, 0.2) is 18.2 Å². The lowest BCUT2D eigenvalue weighted by molar-refractivity contribution is -0.385. The van der Waals surface area contributed by atoms with Crippen molar-refractivity contribution < 1.29 is 28.8 Å². The summed E-state index contributed by atoms with van der Waals surface area (Å²) in [6, 6.07) is 3.50. The summed E-state index contributed by atoms with van der Waals surface area (Å²) in [6.07, 6.45) is 0.759. The number of carbonyl (C=O) groups excluding carboxylic acids is 4. The van der Waals surface area contributed by atoms with Crippen LogP contribution in [0.3, 0.4) is 0 Å². The molecule has 1 saturated heterocycles. The van der Waals surface area contributed by atoms with Crippen molar-refractivity contribution in [1.82, 2.24) is 10.2 Å². The van der Waals surface area contributed by atoms with Gasteiger partial charge >= 0.3 is 12.0 Å². The Morgan fingerprint density at radius 3 is 2.48 bits per heavy atom. The minimum absolute atomic E-state index is 0.159. The minimum atomic E-state index is -1.03. The monoisotopic (exact) mass is 406 g/mol. The van der Waals surface area contributed by atoms with Crippen LogP contribution in [-0.2, 0) is 19.1 Å². The van der Waals surface area contributed by atoms with Gasteiger partial charge < -0.3 is 15.4 Å². The van der Waals surface area contributed by atoms with Gasteiger partial charge in [-0.05, 0) is 25.8 Å². The number of rotatable bonds is 8. The number of hydrogen-bond donors (Lipinski definition) is 2. The van der Waals surface area contributed by atoms with Crippen LogP contribution < -0.4 is 10.6 Å². The Balaban J connectivity index is 1.92. The quantitative estimate of drug-likeness (QED) is 0.288. The van der Waals surface area contributed by atoms with Crippen LogP contribution in [-0.4, -0.2) is 52.3 Å². The van der Waals surface area contributed by atoms with Gasteiger partial charge in [-0.2, -0.15) is 0 Å². The highest BCUT2D eigenvalue weighted by Crippen LogP contribution is 2.25. The van der Waals surface area contributed by atoms with E-state index >= 15 is 0 Å². The summed E-state index contributed by atoms with van der Waals surface area (Å²) in [5.74, 6) is -2.15. The minimum Gasteiger partial charge on any atom is -0.454 e. The van der Waals surface area contributed by atoms with E-state index in [9.17, 15) is 29.3 Å². The summed E-state index contributed by atoms with van der Waals surface area (Å²) in [4.78, 5) is 59.6. The van der Waals surface area contributed by atoms with Gasteiger partial charge in [0.25, 0.3) is 17.5 Å². The van der Waals surface area contributed by atoms with Gasteiger partial charge in [0.05, 0.1) is 16.2 Å². The third-order valence-electron chi connectivity index (χ3n) is 4.88. The number of nitro benzene ring substituents is 1. The first kappa shape index (κ1) is 21.8. The Bertz CT molecular complexity index is 864.